The van der Waals surface area contributed by atoms with E-state index in [1.165, 1.54) is 32.1 Å². The van der Waals surface area contributed by atoms with Crippen LogP contribution in [0.3, 0.4) is 0 Å². The summed E-state index contributed by atoms with van der Waals surface area (Å²) in [6.45, 7) is 1.68. The summed E-state index contributed by atoms with van der Waals surface area (Å²) >= 11 is 0. The third kappa shape index (κ3) is 3.59. The first-order valence-electron chi connectivity index (χ1n) is 4.75. The van der Waals surface area contributed by atoms with Crippen molar-refractivity contribution >= 4 is 0 Å². The largest absolute Gasteiger partial charge is 0.302 e. The van der Waals surface area contributed by atoms with Crippen molar-refractivity contribution in [2.75, 3.05) is 13.1 Å². The third-order valence-electron chi connectivity index (χ3n) is 2.21. The molecule has 1 nitrogen and oxygen atoms in total. The van der Waals surface area contributed by atoms with Crippen LogP contribution in [0.25, 0.3) is 0 Å². The van der Waals surface area contributed by atoms with Crippen molar-refractivity contribution in [1.29, 1.82) is 0 Å². The number of rotatable bonds is 3. The first kappa shape index (κ1) is 9.35. The zero-order valence-electron chi connectivity index (χ0n) is 7.60. The lowest BCUT2D eigenvalue weighted by Crippen LogP contribution is -2.16. The molecular formula is C11H17N. The molecule has 0 atom stereocenters. The lowest BCUT2D eigenvalue weighted by molar-refractivity contribution is 0.697. The lowest BCUT2D eigenvalue weighted by Gasteiger charge is -2.04. The average Bonchev–Trinajstić information content (AvgIpc) is 2.33. The Morgan fingerprint density at radius 2 is 2.33 bits per heavy atom. The maximum atomic E-state index is 5.14. The summed E-state index contributed by atoms with van der Waals surface area (Å²) in [6.07, 6.45) is 14.1. The van der Waals surface area contributed by atoms with Gasteiger partial charge in [-0.3, -0.25) is 0 Å². The Hall–Kier alpha value is -0.740. The van der Waals surface area contributed by atoms with Crippen molar-refractivity contribution in [1.82, 2.24) is 5.32 Å². The Labute approximate surface area is 75.2 Å². The van der Waals surface area contributed by atoms with Gasteiger partial charge < -0.3 is 5.32 Å². The number of allylic oxidation sites excluding steroid dienone is 1. The van der Waals surface area contributed by atoms with Gasteiger partial charge in [0, 0.05) is 6.54 Å². The summed E-state index contributed by atoms with van der Waals surface area (Å²) in [5.41, 5.74) is 1.54. The van der Waals surface area contributed by atoms with Crippen LogP contribution in [-0.4, -0.2) is 13.1 Å². The van der Waals surface area contributed by atoms with E-state index < -0.39 is 0 Å². The highest BCUT2D eigenvalue weighted by Gasteiger charge is 2.00. The van der Waals surface area contributed by atoms with Crippen molar-refractivity contribution in [3.63, 3.8) is 0 Å². The Bertz CT molecular complexity index is 186. The average molecular weight is 163 g/mol. The summed E-state index contributed by atoms with van der Waals surface area (Å²) in [7, 11) is 0. The van der Waals surface area contributed by atoms with E-state index in [4.69, 9.17) is 6.42 Å². The van der Waals surface area contributed by atoms with E-state index in [0.717, 1.165) is 6.54 Å². The normalized spacial score (nSPS) is 17.8. The minimum atomic E-state index is 0.692. The highest BCUT2D eigenvalue weighted by atomic mass is 14.8. The number of terminal acetylenes is 1. The molecule has 0 heterocycles. The van der Waals surface area contributed by atoms with Crippen LogP contribution in [0, 0.1) is 12.3 Å². The highest BCUT2D eigenvalue weighted by Crippen LogP contribution is 2.15. The van der Waals surface area contributed by atoms with E-state index >= 15 is 0 Å². The van der Waals surface area contributed by atoms with E-state index in [-0.39, 0.29) is 0 Å². The smallest absolute Gasteiger partial charge is 0.0576 e. The molecule has 0 unspecified atom stereocenters. The monoisotopic (exact) mass is 163 g/mol. The van der Waals surface area contributed by atoms with Crippen LogP contribution in [0.2, 0.25) is 0 Å². The predicted octanol–water partition coefficient (Wildman–Crippen LogP) is 2.10. The minimum absolute atomic E-state index is 0.692. The molecule has 0 aromatic rings. The molecule has 0 amide bonds. The Balaban J connectivity index is 2.20. The molecule has 0 spiro atoms. The van der Waals surface area contributed by atoms with Gasteiger partial charge in [0.2, 0.25) is 0 Å². The van der Waals surface area contributed by atoms with E-state index in [1.54, 1.807) is 5.57 Å². The van der Waals surface area contributed by atoms with Gasteiger partial charge in [0.05, 0.1) is 6.54 Å². The van der Waals surface area contributed by atoms with Crippen molar-refractivity contribution in [3.8, 4) is 12.3 Å². The van der Waals surface area contributed by atoms with Crippen LogP contribution < -0.4 is 5.32 Å². The quantitative estimate of drug-likeness (QED) is 0.381. The molecule has 0 aromatic heterocycles. The fourth-order valence-corrected chi connectivity index (χ4v) is 1.54. The van der Waals surface area contributed by atoms with Gasteiger partial charge >= 0.3 is 0 Å². The second-order valence-electron chi connectivity index (χ2n) is 3.27. The second kappa shape index (κ2) is 5.85. The fourth-order valence-electron chi connectivity index (χ4n) is 1.54. The van der Waals surface area contributed by atoms with Gasteiger partial charge in [-0.1, -0.05) is 24.0 Å². The molecule has 0 saturated heterocycles. The van der Waals surface area contributed by atoms with Gasteiger partial charge in [-0.2, -0.15) is 0 Å². The molecule has 1 aliphatic carbocycles. The van der Waals surface area contributed by atoms with Crippen molar-refractivity contribution in [2.24, 2.45) is 0 Å². The molecular weight excluding hydrogens is 146 g/mol. The fraction of sp³-hybridized carbons (Fsp3) is 0.636. The summed E-state index contributed by atoms with van der Waals surface area (Å²) < 4.78 is 0. The minimum Gasteiger partial charge on any atom is -0.302 e. The van der Waals surface area contributed by atoms with Gasteiger partial charge in [0.15, 0.2) is 0 Å². The van der Waals surface area contributed by atoms with Crippen LogP contribution in [0.15, 0.2) is 11.6 Å². The zero-order chi connectivity index (χ0) is 8.65. The van der Waals surface area contributed by atoms with Gasteiger partial charge in [0.1, 0.15) is 0 Å². The second-order valence-corrected chi connectivity index (χ2v) is 3.27. The summed E-state index contributed by atoms with van der Waals surface area (Å²) in [4.78, 5) is 0. The molecule has 0 aromatic carbocycles. The van der Waals surface area contributed by atoms with Crippen LogP contribution in [-0.2, 0) is 0 Å². The predicted molar refractivity (Wildman–Crippen MR) is 52.9 cm³/mol. The molecule has 12 heavy (non-hydrogen) atoms. The lowest BCUT2D eigenvalue weighted by atomic mass is 10.1. The molecule has 1 N–H and O–H groups in total. The van der Waals surface area contributed by atoms with Gasteiger partial charge in [-0.25, -0.2) is 0 Å². The highest BCUT2D eigenvalue weighted by molar-refractivity contribution is 5.06. The third-order valence-corrected chi connectivity index (χ3v) is 2.21. The SMILES string of the molecule is C#CCNCC1=CCCCCC1. The van der Waals surface area contributed by atoms with Gasteiger partial charge in [0.25, 0.3) is 0 Å². The zero-order valence-corrected chi connectivity index (χ0v) is 7.60. The topological polar surface area (TPSA) is 12.0 Å². The van der Waals surface area contributed by atoms with E-state index in [9.17, 15) is 0 Å². The van der Waals surface area contributed by atoms with Crippen LogP contribution >= 0.6 is 0 Å². The molecule has 1 heteroatoms. The first-order valence-corrected chi connectivity index (χ1v) is 4.75. The Morgan fingerprint density at radius 3 is 3.17 bits per heavy atom. The van der Waals surface area contributed by atoms with Crippen LogP contribution in [0.4, 0.5) is 0 Å². The standard InChI is InChI=1S/C11H17N/c1-2-9-12-10-11-7-5-3-4-6-8-11/h1,7,12H,3-6,8-10H2. The van der Waals surface area contributed by atoms with Gasteiger partial charge in [-0.15, -0.1) is 6.42 Å². The molecule has 0 radical (unpaired) electrons. The van der Waals surface area contributed by atoms with E-state index in [0.29, 0.717) is 6.54 Å². The maximum Gasteiger partial charge on any atom is 0.0576 e. The van der Waals surface area contributed by atoms with Crippen molar-refractivity contribution in [2.45, 2.75) is 32.1 Å². The molecule has 1 aliphatic rings. The molecule has 0 bridgehead atoms. The molecule has 0 saturated carbocycles. The Morgan fingerprint density at radius 1 is 1.42 bits per heavy atom. The number of hydrogen-bond donors (Lipinski definition) is 1. The van der Waals surface area contributed by atoms with Gasteiger partial charge in [-0.05, 0) is 25.7 Å². The maximum absolute atomic E-state index is 5.14. The summed E-state index contributed by atoms with van der Waals surface area (Å²) in [6, 6.07) is 0. The van der Waals surface area contributed by atoms with Crippen molar-refractivity contribution in [3.05, 3.63) is 11.6 Å². The Kier molecular flexibility index (Phi) is 4.56. The van der Waals surface area contributed by atoms with E-state index in [2.05, 4.69) is 17.3 Å². The number of hydrogen-bond acceptors (Lipinski definition) is 1. The summed E-state index contributed by atoms with van der Waals surface area (Å²) in [5, 5.41) is 3.23. The molecule has 0 fully saturated rings. The summed E-state index contributed by atoms with van der Waals surface area (Å²) in [5.74, 6) is 2.58. The molecule has 0 aliphatic heterocycles. The number of nitrogens with one attached hydrogen (secondary N) is 1. The van der Waals surface area contributed by atoms with Crippen LogP contribution in [0.1, 0.15) is 32.1 Å². The molecule has 1 rings (SSSR count). The first-order chi connectivity index (χ1) is 5.93. The van der Waals surface area contributed by atoms with Crippen molar-refractivity contribution < 1.29 is 0 Å². The van der Waals surface area contributed by atoms with E-state index in [1.807, 2.05) is 0 Å². The van der Waals surface area contributed by atoms with Crippen LogP contribution in [0.5, 0.6) is 0 Å². The molecule has 66 valence electrons.